The Morgan fingerprint density at radius 2 is 1.96 bits per heavy atom. The number of hydrogen-bond acceptors (Lipinski definition) is 4. The summed E-state index contributed by atoms with van der Waals surface area (Å²) in [7, 11) is 1.63. The SMILES string of the molecule is COc1c(Br)cc(N2C=C3C(=CC2)OC(C)(C)CN3C=O)cc1Br. The number of carbonyl (C=O) groups is 1. The van der Waals surface area contributed by atoms with Gasteiger partial charge in [-0.15, -0.1) is 0 Å². The molecule has 0 atom stereocenters. The number of benzene rings is 1. The highest BCUT2D eigenvalue weighted by Gasteiger charge is 2.35. The maximum atomic E-state index is 11.5. The summed E-state index contributed by atoms with van der Waals surface area (Å²) in [6, 6.07) is 3.97. The number of ether oxygens (including phenoxy) is 2. The lowest BCUT2D eigenvalue weighted by Crippen LogP contribution is -2.47. The van der Waals surface area contributed by atoms with Crippen molar-refractivity contribution in [3.63, 3.8) is 0 Å². The number of carbonyl (C=O) groups excluding carboxylic acids is 1. The molecule has 0 saturated carbocycles. The Kier molecular flexibility index (Phi) is 4.66. The van der Waals surface area contributed by atoms with Crippen LogP contribution in [0.15, 0.2) is 44.8 Å². The van der Waals surface area contributed by atoms with E-state index in [0.29, 0.717) is 13.1 Å². The maximum absolute atomic E-state index is 11.5. The molecule has 0 unspecified atom stereocenters. The molecule has 1 amide bonds. The van der Waals surface area contributed by atoms with Gasteiger partial charge in [0.15, 0.2) is 0 Å². The van der Waals surface area contributed by atoms with E-state index in [1.165, 1.54) is 0 Å². The first-order valence-electron chi connectivity index (χ1n) is 7.47. The molecule has 128 valence electrons. The standard InChI is InChI=1S/C17H18Br2N2O3/c1-17(2)9-21(10-22)14-8-20(5-4-15(14)24-17)11-6-12(18)16(23-3)13(19)7-11/h4,6-8,10H,5,9H2,1-3H3. The van der Waals surface area contributed by atoms with Crippen molar-refractivity contribution in [2.24, 2.45) is 0 Å². The van der Waals surface area contributed by atoms with Crippen molar-refractivity contribution in [2.75, 3.05) is 25.1 Å². The fourth-order valence-electron chi connectivity index (χ4n) is 2.87. The van der Waals surface area contributed by atoms with Crippen molar-refractivity contribution in [3.8, 4) is 5.75 Å². The molecular formula is C17H18Br2N2O3. The normalized spacial score (nSPS) is 19.0. The molecule has 1 saturated heterocycles. The average Bonchev–Trinajstić information content (AvgIpc) is 2.52. The molecule has 2 heterocycles. The Hall–Kier alpha value is -1.47. The van der Waals surface area contributed by atoms with Gasteiger partial charge in [0.1, 0.15) is 22.8 Å². The molecular weight excluding hydrogens is 440 g/mol. The van der Waals surface area contributed by atoms with Gasteiger partial charge in [0, 0.05) is 18.4 Å². The number of amides is 1. The Morgan fingerprint density at radius 3 is 2.54 bits per heavy atom. The van der Waals surface area contributed by atoms with E-state index in [1.54, 1.807) is 12.0 Å². The summed E-state index contributed by atoms with van der Waals surface area (Å²) < 4.78 is 13.1. The Morgan fingerprint density at radius 1 is 1.29 bits per heavy atom. The molecule has 2 aliphatic rings. The first-order valence-corrected chi connectivity index (χ1v) is 9.06. The van der Waals surface area contributed by atoms with Gasteiger partial charge in [-0.1, -0.05) is 0 Å². The lowest BCUT2D eigenvalue weighted by atomic mass is 10.0. The predicted octanol–water partition coefficient (Wildman–Crippen LogP) is 4.03. The van der Waals surface area contributed by atoms with Crippen LogP contribution in [-0.4, -0.2) is 37.1 Å². The van der Waals surface area contributed by atoms with Gasteiger partial charge < -0.3 is 19.3 Å². The molecule has 3 rings (SSSR count). The summed E-state index contributed by atoms with van der Waals surface area (Å²) >= 11 is 7.05. The minimum Gasteiger partial charge on any atom is -0.494 e. The fourth-order valence-corrected chi connectivity index (χ4v) is 4.35. The smallest absolute Gasteiger partial charge is 0.214 e. The number of halogens is 2. The summed E-state index contributed by atoms with van der Waals surface area (Å²) in [6.07, 6.45) is 4.80. The van der Waals surface area contributed by atoms with E-state index < -0.39 is 5.60 Å². The van der Waals surface area contributed by atoms with Gasteiger partial charge in [0.25, 0.3) is 0 Å². The van der Waals surface area contributed by atoms with Crippen LogP contribution in [-0.2, 0) is 9.53 Å². The van der Waals surface area contributed by atoms with Gasteiger partial charge in [-0.2, -0.15) is 0 Å². The number of anilines is 1. The lowest BCUT2D eigenvalue weighted by molar-refractivity contribution is -0.122. The first-order chi connectivity index (χ1) is 11.3. The highest BCUT2D eigenvalue weighted by molar-refractivity contribution is 9.11. The largest absolute Gasteiger partial charge is 0.494 e. The second-order valence-corrected chi connectivity index (χ2v) is 7.98. The molecule has 0 aliphatic carbocycles. The summed E-state index contributed by atoms with van der Waals surface area (Å²) in [5.41, 5.74) is 1.37. The zero-order valence-electron chi connectivity index (χ0n) is 13.7. The van der Waals surface area contributed by atoms with Crippen LogP contribution in [0.5, 0.6) is 5.75 Å². The molecule has 1 aromatic carbocycles. The number of methoxy groups -OCH3 is 1. The monoisotopic (exact) mass is 456 g/mol. The Labute approximate surface area is 158 Å². The van der Waals surface area contributed by atoms with Crippen LogP contribution in [0.3, 0.4) is 0 Å². The van der Waals surface area contributed by atoms with E-state index in [4.69, 9.17) is 9.47 Å². The van der Waals surface area contributed by atoms with Gasteiger partial charge in [-0.05, 0) is 63.9 Å². The predicted molar refractivity (Wildman–Crippen MR) is 99.8 cm³/mol. The number of rotatable bonds is 3. The van der Waals surface area contributed by atoms with Crippen molar-refractivity contribution in [2.45, 2.75) is 19.4 Å². The van der Waals surface area contributed by atoms with Crippen LogP contribution in [0.25, 0.3) is 0 Å². The maximum Gasteiger partial charge on any atom is 0.214 e. The molecule has 7 heteroatoms. The third-order valence-electron chi connectivity index (χ3n) is 3.90. The topological polar surface area (TPSA) is 42.0 Å². The molecule has 0 N–H and O–H groups in total. The van der Waals surface area contributed by atoms with Crippen molar-refractivity contribution >= 4 is 44.0 Å². The van der Waals surface area contributed by atoms with E-state index in [0.717, 1.165) is 38.2 Å². The minimum atomic E-state index is -0.390. The van der Waals surface area contributed by atoms with E-state index in [2.05, 4.69) is 36.8 Å². The Bertz CT molecular complexity index is 720. The van der Waals surface area contributed by atoms with E-state index in [1.807, 2.05) is 38.3 Å². The molecule has 1 fully saturated rings. The number of fused-ring (bicyclic) bond motifs is 1. The van der Waals surface area contributed by atoms with E-state index >= 15 is 0 Å². The third-order valence-corrected chi connectivity index (χ3v) is 5.07. The van der Waals surface area contributed by atoms with Gasteiger partial charge in [-0.25, -0.2) is 0 Å². The fraction of sp³-hybridized carbons (Fsp3) is 0.353. The van der Waals surface area contributed by atoms with Crippen LogP contribution in [0.4, 0.5) is 5.69 Å². The molecule has 24 heavy (non-hydrogen) atoms. The van der Waals surface area contributed by atoms with E-state index in [-0.39, 0.29) is 0 Å². The summed E-state index contributed by atoms with van der Waals surface area (Å²) in [6.45, 7) is 5.13. The summed E-state index contributed by atoms with van der Waals surface area (Å²) in [4.78, 5) is 15.2. The minimum absolute atomic E-state index is 0.390. The number of hydrogen-bond donors (Lipinski definition) is 0. The van der Waals surface area contributed by atoms with Crippen LogP contribution in [0, 0.1) is 0 Å². The molecule has 2 aliphatic heterocycles. The first kappa shape index (κ1) is 17.4. The molecule has 0 bridgehead atoms. The van der Waals surface area contributed by atoms with Gasteiger partial charge in [0.2, 0.25) is 6.41 Å². The highest BCUT2D eigenvalue weighted by atomic mass is 79.9. The van der Waals surface area contributed by atoms with Crippen molar-refractivity contribution in [1.82, 2.24) is 4.90 Å². The number of nitrogens with zero attached hydrogens (tertiary/aromatic N) is 2. The van der Waals surface area contributed by atoms with Crippen LogP contribution >= 0.6 is 31.9 Å². The zero-order chi connectivity index (χ0) is 17.5. The highest BCUT2D eigenvalue weighted by Crippen LogP contribution is 2.39. The van der Waals surface area contributed by atoms with E-state index in [9.17, 15) is 4.79 Å². The quantitative estimate of drug-likeness (QED) is 0.642. The third kappa shape index (κ3) is 3.19. The molecule has 1 aromatic rings. The average molecular weight is 458 g/mol. The van der Waals surface area contributed by atoms with Crippen molar-refractivity contribution in [1.29, 1.82) is 0 Å². The van der Waals surface area contributed by atoms with Gasteiger partial charge >= 0.3 is 0 Å². The van der Waals surface area contributed by atoms with Crippen LogP contribution < -0.4 is 9.64 Å². The Balaban J connectivity index is 1.95. The molecule has 0 radical (unpaired) electrons. The zero-order valence-corrected chi connectivity index (χ0v) is 16.8. The molecule has 0 aromatic heterocycles. The van der Waals surface area contributed by atoms with Crippen LogP contribution in [0.1, 0.15) is 13.8 Å². The second kappa shape index (κ2) is 6.44. The van der Waals surface area contributed by atoms with Gasteiger partial charge in [-0.3, -0.25) is 4.79 Å². The number of morpholine rings is 1. The second-order valence-electron chi connectivity index (χ2n) is 6.27. The summed E-state index contributed by atoms with van der Waals surface area (Å²) in [5, 5.41) is 0. The molecule has 5 nitrogen and oxygen atoms in total. The summed E-state index contributed by atoms with van der Waals surface area (Å²) in [5.74, 6) is 1.50. The lowest BCUT2D eigenvalue weighted by Gasteiger charge is -2.42. The van der Waals surface area contributed by atoms with Gasteiger partial charge in [0.05, 0.1) is 22.6 Å². The van der Waals surface area contributed by atoms with Crippen LogP contribution in [0.2, 0.25) is 0 Å². The van der Waals surface area contributed by atoms with Crippen molar-refractivity contribution in [3.05, 3.63) is 44.8 Å². The molecule has 0 spiro atoms. The van der Waals surface area contributed by atoms with Crippen molar-refractivity contribution < 1.29 is 14.3 Å².